The summed E-state index contributed by atoms with van der Waals surface area (Å²) in [5, 5.41) is 4.72. The normalized spacial score (nSPS) is 14.7. The Kier molecular flexibility index (Phi) is 9.24. The van der Waals surface area contributed by atoms with Crippen LogP contribution in [0.5, 0.6) is 0 Å². The first-order chi connectivity index (χ1) is 29.6. The molecule has 2 aliphatic rings. The van der Waals surface area contributed by atoms with Gasteiger partial charge in [0.1, 0.15) is 11.3 Å². The van der Waals surface area contributed by atoms with Crippen LogP contribution in [0.3, 0.4) is 0 Å². The third-order valence-electron chi connectivity index (χ3n) is 12.6. The molecular formula is C57H50N2OS. The molecule has 0 aliphatic heterocycles. The van der Waals surface area contributed by atoms with Crippen molar-refractivity contribution < 1.29 is 4.42 Å². The molecule has 3 aromatic heterocycles. The van der Waals surface area contributed by atoms with Crippen molar-refractivity contribution >= 4 is 76.9 Å². The second-order valence-electron chi connectivity index (χ2n) is 18.1. The molecule has 0 spiro atoms. The lowest BCUT2D eigenvalue weighted by molar-refractivity contribution is 0.420. The maximum atomic E-state index is 7.17. The molecule has 0 atom stereocenters. The third-order valence-corrected chi connectivity index (χ3v) is 13.7. The molecule has 0 saturated heterocycles. The first-order valence-corrected chi connectivity index (χ1v) is 22.2. The predicted molar refractivity (Wildman–Crippen MR) is 264 cm³/mol. The van der Waals surface area contributed by atoms with Gasteiger partial charge in [0.15, 0.2) is 0 Å². The van der Waals surface area contributed by atoms with Crippen molar-refractivity contribution in [1.82, 2.24) is 4.57 Å². The van der Waals surface area contributed by atoms with Crippen molar-refractivity contribution in [3.8, 4) is 29.2 Å². The van der Waals surface area contributed by atoms with E-state index in [4.69, 9.17) is 10.8 Å². The van der Waals surface area contributed by atoms with Gasteiger partial charge in [0.25, 0.3) is 0 Å². The van der Waals surface area contributed by atoms with Gasteiger partial charge < -0.3 is 13.9 Å². The van der Waals surface area contributed by atoms with Gasteiger partial charge in [0, 0.05) is 53.6 Å². The fourth-order valence-electron chi connectivity index (χ4n) is 9.92. The SMILES string of the molecule is C#Cc1c(/C=C\C)oc2c3c(cc(N(C(/C=C\CC(C)(C)C)=C/C=C)c4cccc5c4c4c(n5-c5ccccc5)C=CCC4)c12)C(C)(C)c1ccc2sc4ccccc4c2c1-3. The highest BCUT2D eigenvalue weighted by molar-refractivity contribution is 7.26. The van der Waals surface area contributed by atoms with Gasteiger partial charge in [-0.1, -0.05) is 120 Å². The summed E-state index contributed by atoms with van der Waals surface area (Å²) >= 11 is 1.85. The summed E-state index contributed by atoms with van der Waals surface area (Å²) in [7, 11) is 0. The van der Waals surface area contributed by atoms with Crippen molar-refractivity contribution in [2.75, 3.05) is 4.90 Å². The Morgan fingerprint density at radius 2 is 1.72 bits per heavy atom. The van der Waals surface area contributed by atoms with E-state index in [0.29, 0.717) is 5.76 Å². The molecule has 0 radical (unpaired) electrons. The number of fused-ring (bicyclic) bond motifs is 12. The van der Waals surface area contributed by atoms with Crippen molar-refractivity contribution in [3.05, 3.63) is 173 Å². The van der Waals surface area contributed by atoms with Crippen molar-refractivity contribution in [2.24, 2.45) is 5.41 Å². The summed E-state index contributed by atoms with van der Waals surface area (Å²) in [4.78, 5) is 2.45. The summed E-state index contributed by atoms with van der Waals surface area (Å²) in [5.74, 6) is 3.85. The van der Waals surface area contributed by atoms with Crippen LogP contribution in [-0.4, -0.2) is 4.57 Å². The Morgan fingerprint density at radius 3 is 2.49 bits per heavy atom. The van der Waals surface area contributed by atoms with Crippen molar-refractivity contribution in [3.63, 3.8) is 0 Å². The number of terminal acetylenes is 1. The summed E-state index contributed by atoms with van der Waals surface area (Å²) in [6.07, 6.45) is 26.7. The average Bonchev–Trinajstić information content (AvgIpc) is 3.97. The summed E-state index contributed by atoms with van der Waals surface area (Å²) in [6, 6.07) is 33.4. The molecule has 3 nitrogen and oxygen atoms in total. The number of allylic oxidation sites excluding steroid dienone is 6. The van der Waals surface area contributed by atoms with Crippen LogP contribution in [-0.2, 0) is 11.8 Å². The lowest BCUT2D eigenvalue weighted by atomic mass is 9.81. The quantitative estimate of drug-likeness (QED) is 0.113. The maximum Gasteiger partial charge on any atom is 0.146 e. The molecule has 3 heterocycles. The topological polar surface area (TPSA) is 21.3 Å². The van der Waals surface area contributed by atoms with Gasteiger partial charge >= 0.3 is 0 Å². The molecule has 0 N–H and O–H groups in total. The van der Waals surface area contributed by atoms with E-state index in [1.54, 1.807) is 0 Å². The zero-order valence-electron chi connectivity index (χ0n) is 35.9. The monoisotopic (exact) mass is 810 g/mol. The lowest BCUT2D eigenvalue weighted by Gasteiger charge is -2.30. The highest BCUT2D eigenvalue weighted by Crippen LogP contribution is 2.59. The van der Waals surface area contributed by atoms with Crippen LogP contribution in [0.1, 0.15) is 88.1 Å². The Bertz CT molecular complexity index is 3270. The fourth-order valence-corrected chi connectivity index (χ4v) is 11.0. The molecule has 0 fully saturated rings. The molecule has 0 saturated carbocycles. The minimum atomic E-state index is -0.350. The third kappa shape index (κ3) is 6.01. The molecule has 0 bridgehead atoms. The summed E-state index contributed by atoms with van der Waals surface area (Å²) in [5.41, 5.74) is 14.2. The van der Waals surface area contributed by atoms with E-state index >= 15 is 0 Å². The van der Waals surface area contributed by atoms with Gasteiger partial charge in [-0.3, -0.25) is 0 Å². The average molecular weight is 811 g/mol. The number of nitrogens with zero attached hydrogens (tertiary/aromatic N) is 2. The maximum absolute atomic E-state index is 7.17. The van der Waals surface area contributed by atoms with Crippen LogP contribution in [0.4, 0.5) is 11.4 Å². The van der Waals surface area contributed by atoms with Crippen LogP contribution in [0.25, 0.3) is 71.0 Å². The van der Waals surface area contributed by atoms with Crippen LogP contribution in [0.2, 0.25) is 0 Å². The van der Waals surface area contributed by atoms with Crippen LogP contribution in [0, 0.1) is 17.8 Å². The fraction of sp³-hybridized carbons (Fsp3) is 0.193. The molecule has 0 amide bonds. The van der Waals surface area contributed by atoms with E-state index < -0.39 is 0 Å². The van der Waals surface area contributed by atoms with Gasteiger partial charge in [-0.2, -0.15) is 0 Å². The van der Waals surface area contributed by atoms with E-state index in [2.05, 4.69) is 178 Å². The zero-order chi connectivity index (χ0) is 42.2. The predicted octanol–water partition coefficient (Wildman–Crippen LogP) is 16.2. The number of aryl methyl sites for hydroxylation is 1. The number of rotatable bonds is 8. The van der Waals surface area contributed by atoms with Gasteiger partial charge in [-0.25, -0.2) is 0 Å². The van der Waals surface area contributed by atoms with E-state index in [9.17, 15) is 0 Å². The standard InChI is InChI=1S/C57H50N2OS/c1-9-21-36(25-20-34-56(4,5)6)59(45-30-19-29-44-50(45)39-26-15-17-28-43(39)58(44)37-23-13-12-14-24-37)46-35-42-54(55-51(46)38(11-3)47(60-55)22-10-2)53-41(57(42,7)8)32-33-49-52(53)40-27-16-18-31-48(40)61-49/h3,9-10,12-14,16-25,27-33,35H,1,15,26,34H2,2,4-8H3/b22-10-,25-20-,36-21+. The molecule has 300 valence electrons. The highest BCUT2D eigenvalue weighted by atomic mass is 32.1. The van der Waals surface area contributed by atoms with E-state index in [1.165, 1.54) is 53.5 Å². The number of furan rings is 1. The second-order valence-corrected chi connectivity index (χ2v) is 19.2. The van der Waals surface area contributed by atoms with E-state index in [-0.39, 0.29) is 10.8 Å². The molecule has 61 heavy (non-hydrogen) atoms. The number of benzene rings is 5. The van der Waals surface area contributed by atoms with E-state index in [0.717, 1.165) is 69.6 Å². The van der Waals surface area contributed by atoms with Gasteiger partial charge in [0.05, 0.1) is 27.8 Å². The number of anilines is 2. The Morgan fingerprint density at radius 1 is 0.918 bits per heavy atom. The molecule has 4 heteroatoms. The Hall–Kier alpha value is -6.54. The number of hydrogen-bond acceptors (Lipinski definition) is 3. The second kappa shape index (κ2) is 14.6. The van der Waals surface area contributed by atoms with Crippen LogP contribution < -0.4 is 4.90 Å². The molecule has 8 aromatic rings. The van der Waals surface area contributed by atoms with Gasteiger partial charge in [-0.05, 0) is 121 Å². The lowest BCUT2D eigenvalue weighted by Crippen LogP contribution is -2.19. The minimum Gasteiger partial charge on any atom is -0.455 e. The Balaban J connectivity index is 1.37. The van der Waals surface area contributed by atoms with Gasteiger partial charge in [0.2, 0.25) is 0 Å². The van der Waals surface area contributed by atoms with Crippen molar-refractivity contribution in [1.29, 1.82) is 0 Å². The largest absolute Gasteiger partial charge is 0.455 e. The number of thiophene rings is 1. The Labute approximate surface area is 363 Å². The zero-order valence-corrected chi connectivity index (χ0v) is 36.7. The smallest absolute Gasteiger partial charge is 0.146 e. The number of para-hydroxylation sites is 1. The molecule has 0 unspecified atom stereocenters. The minimum absolute atomic E-state index is 0.106. The molecule has 5 aromatic carbocycles. The van der Waals surface area contributed by atoms with Crippen molar-refractivity contribution in [2.45, 2.75) is 66.2 Å². The number of aromatic nitrogens is 1. The highest BCUT2D eigenvalue weighted by Gasteiger charge is 2.42. The molecule has 2 aliphatic carbocycles. The first-order valence-electron chi connectivity index (χ1n) is 21.4. The van der Waals surface area contributed by atoms with Crippen LogP contribution in [0.15, 0.2) is 144 Å². The number of hydrogen-bond donors (Lipinski definition) is 0. The summed E-state index contributed by atoms with van der Waals surface area (Å²) in [6.45, 7) is 17.9. The molecule has 10 rings (SSSR count). The van der Waals surface area contributed by atoms with Gasteiger partial charge in [-0.15, -0.1) is 17.8 Å². The van der Waals surface area contributed by atoms with Crippen LogP contribution >= 0.6 is 11.3 Å². The first kappa shape index (κ1) is 38.6. The van der Waals surface area contributed by atoms with E-state index in [1.807, 2.05) is 36.5 Å². The molecular weight excluding hydrogens is 761 g/mol. The summed E-state index contributed by atoms with van der Waals surface area (Å²) < 4.78 is 12.2.